The molecule has 5 aromatic rings. The summed E-state index contributed by atoms with van der Waals surface area (Å²) >= 11 is 0. The van der Waals surface area contributed by atoms with Gasteiger partial charge in [0.1, 0.15) is 17.1 Å². The standard InChI is InChI=1S/C38H41N9O5/c1-45-18-6-13-29(45)37(51)43-24-20-31(47(3)22-24)38(52)44-23-19-30(46(2)21-23)36(50)42-17-8-16-41-28-12-5-10-26-33(28)35(49)25-9-4-11-27(32(25)34(26)48)40-15-7-14-39/h4-6,9-13,18-22,40-41H,7-8,14-17,39H2,1-3H3,(H,42,50)(H,43,51)(H,44,52). The molecule has 14 nitrogen and oxygen atoms in total. The number of hydrogen-bond acceptors (Lipinski definition) is 8. The number of anilines is 4. The molecule has 2 aromatic carbocycles. The molecule has 0 saturated heterocycles. The predicted octanol–water partition coefficient (Wildman–Crippen LogP) is 3.97. The molecule has 52 heavy (non-hydrogen) atoms. The van der Waals surface area contributed by atoms with Crippen molar-refractivity contribution < 1.29 is 24.0 Å². The topological polar surface area (TPSA) is 186 Å². The fourth-order valence-corrected chi connectivity index (χ4v) is 6.27. The Morgan fingerprint density at radius 3 is 1.65 bits per heavy atom. The van der Waals surface area contributed by atoms with Gasteiger partial charge in [-0.05, 0) is 55.8 Å². The number of rotatable bonds is 14. The molecule has 1 aliphatic rings. The van der Waals surface area contributed by atoms with Crippen LogP contribution in [0, 0.1) is 0 Å². The summed E-state index contributed by atoms with van der Waals surface area (Å²) in [7, 11) is 5.18. The largest absolute Gasteiger partial charge is 0.384 e. The van der Waals surface area contributed by atoms with Gasteiger partial charge in [0.05, 0.1) is 22.5 Å². The molecule has 3 amide bonds. The van der Waals surface area contributed by atoms with Crippen LogP contribution in [0.4, 0.5) is 22.7 Å². The zero-order valence-electron chi connectivity index (χ0n) is 29.2. The lowest BCUT2D eigenvalue weighted by molar-refractivity contribution is 0.0943. The third-order valence-electron chi connectivity index (χ3n) is 8.89. The Morgan fingerprint density at radius 2 is 1.13 bits per heavy atom. The number of nitrogens with one attached hydrogen (secondary N) is 5. The van der Waals surface area contributed by atoms with E-state index in [1.165, 1.54) is 0 Å². The first-order valence-electron chi connectivity index (χ1n) is 17.0. The minimum Gasteiger partial charge on any atom is -0.384 e. The molecule has 7 N–H and O–H groups in total. The maximum Gasteiger partial charge on any atom is 0.272 e. The van der Waals surface area contributed by atoms with Gasteiger partial charge < -0.3 is 46.0 Å². The van der Waals surface area contributed by atoms with Gasteiger partial charge in [0.15, 0.2) is 11.6 Å². The molecular formula is C38H41N9O5. The molecule has 0 bridgehead atoms. The van der Waals surface area contributed by atoms with Crippen LogP contribution in [0.15, 0.2) is 79.3 Å². The van der Waals surface area contributed by atoms with Gasteiger partial charge in [0.2, 0.25) is 0 Å². The van der Waals surface area contributed by atoms with E-state index < -0.39 is 5.91 Å². The number of carbonyl (C=O) groups is 5. The summed E-state index contributed by atoms with van der Waals surface area (Å²) in [5.41, 5.74) is 10.3. The number of carbonyl (C=O) groups excluding carboxylic acids is 5. The number of ketones is 2. The van der Waals surface area contributed by atoms with E-state index in [4.69, 9.17) is 5.73 Å². The average molecular weight is 704 g/mol. The molecule has 0 saturated carbocycles. The normalized spacial score (nSPS) is 11.8. The summed E-state index contributed by atoms with van der Waals surface area (Å²) in [4.78, 5) is 66.0. The third kappa shape index (κ3) is 7.23. The average Bonchev–Trinajstić information content (AvgIpc) is 3.83. The van der Waals surface area contributed by atoms with Gasteiger partial charge in [0.25, 0.3) is 17.7 Å². The molecule has 0 unspecified atom stereocenters. The second-order valence-electron chi connectivity index (χ2n) is 12.6. The number of aromatic nitrogens is 3. The summed E-state index contributed by atoms with van der Waals surface area (Å²) in [5, 5.41) is 15.0. The minimum atomic E-state index is -0.406. The number of nitrogens with zero attached hydrogens (tertiary/aromatic N) is 3. The Balaban J connectivity index is 1.02. The Hall–Kier alpha value is -6.41. The molecule has 0 radical (unpaired) electrons. The highest BCUT2D eigenvalue weighted by Crippen LogP contribution is 2.35. The maximum atomic E-state index is 13.6. The van der Waals surface area contributed by atoms with Crippen LogP contribution >= 0.6 is 0 Å². The van der Waals surface area contributed by atoms with Gasteiger partial charge in [-0.15, -0.1) is 0 Å². The van der Waals surface area contributed by atoms with Crippen LogP contribution in [0.3, 0.4) is 0 Å². The van der Waals surface area contributed by atoms with Gasteiger partial charge in [-0.2, -0.15) is 0 Å². The molecule has 268 valence electrons. The summed E-state index contributed by atoms with van der Waals surface area (Å²) in [6.07, 6.45) is 6.33. The van der Waals surface area contributed by atoms with Gasteiger partial charge in [0, 0.05) is 81.9 Å². The van der Waals surface area contributed by atoms with Gasteiger partial charge in [-0.25, -0.2) is 0 Å². The fraction of sp³-hybridized carbons (Fsp3) is 0.237. The van der Waals surface area contributed by atoms with E-state index in [0.29, 0.717) is 94.7 Å². The molecule has 1 aliphatic carbocycles. The van der Waals surface area contributed by atoms with E-state index in [9.17, 15) is 24.0 Å². The quantitative estimate of drug-likeness (QED) is 0.0920. The lowest BCUT2D eigenvalue weighted by Crippen LogP contribution is -2.28. The number of nitrogens with two attached hydrogens (primary N) is 1. The molecule has 3 aromatic heterocycles. The van der Waals surface area contributed by atoms with Crippen LogP contribution in [-0.4, -0.2) is 69.2 Å². The van der Waals surface area contributed by atoms with Crippen LogP contribution in [-0.2, 0) is 21.1 Å². The molecule has 0 spiro atoms. The minimum absolute atomic E-state index is 0.213. The molecule has 0 atom stereocenters. The molecule has 0 fully saturated rings. The lowest BCUT2D eigenvalue weighted by atomic mass is 9.82. The van der Waals surface area contributed by atoms with Crippen molar-refractivity contribution >= 4 is 52.0 Å². The first kappa shape index (κ1) is 35.4. The zero-order valence-corrected chi connectivity index (χ0v) is 29.2. The Kier molecular flexibility index (Phi) is 10.4. The van der Waals surface area contributed by atoms with Crippen molar-refractivity contribution in [1.29, 1.82) is 0 Å². The molecule has 3 heterocycles. The first-order chi connectivity index (χ1) is 25.1. The lowest BCUT2D eigenvalue weighted by Gasteiger charge is -2.23. The Bertz CT molecular complexity index is 2190. The second-order valence-corrected chi connectivity index (χ2v) is 12.6. The summed E-state index contributed by atoms with van der Waals surface area (Å²) in [6.45, 7) is 1.88. The van der Waals surface area contributed by atoms with Gasteiger partial charge >= 0.3 is 0 Å². The number of aryl methyl sites for hydroxylation is 3. The van der Waals surface area contributed by atoms with Gasteiger partial charge in [-0.3, -0.25) is 24.0 Å². The van der Waals surface area contributed by atoms with Crippen molar-refractivity contribution in [3.8, 4) is 0 Å². The van der Waals surface area contributed by atoms with E-state index >= 15 is 0 Å². The predicted molar refractivity (Wildman–Crippen MR) is 199 cm³/mol. The van der Waals surface area contributed by atoms with E-state index in [2.05, 4.69) is 26.6 Å². The number of fused-ring (bicyclic) bond motifs is 2. The van der Waals surface area contributed by atoms with Crippen LogP contribution in [0.5, 0.6) is 0 Å². The molecule has 0 aliphatic heterocycles. The summed E-state index contributed by atoms with van der Waals surface area (Å²) in [6, 6.07) is 17.1. The van der Waals surface area contributed by atoms with Crippen LogP contribution in [0.25, 0.3) is 0 Å². The second kappa shape index (κ2) is 15.2. The number of benzene rings is 2. The van der Waals surface area contributed by atoms with Crippen LogP contribution in [0.2, 0.25) is 0 Å². The molecule has 6 rings (SSSR count). The van der Waals surface area contributed by atoms with Crippen LogP contribution in [0.1, 0.15) is 76.1 Å². The smallest absolute Gasteiger partial charge is 0.272 e. The maximum absolute atomic E-state index is 13.6. The fourth-order valence-electron chi connectivity index (χ4n) is 6.27. The van der Waals surface area contributed by atoms with E-state index in [-0.39, 0.29) is 23.4 Å². The van der Waals surface area contributed by atoms with Crippen molar-refractivity contribution in [3.63, 3.8) is 0 Å². The van der Waals surface area contributed by atoms with E-state index in [1.54, 1.807) is 114 Å². The van der Waals surface area contributed by atoms with Crippen molar-refractivity contribution in [2.24, 2.45) is 26.9 Å². The Morgan fingerprint density at radius 1 is 0.615 bits per heavy atom. The van der Waals surface area contributed by atoms with Crippen molar-refractivity contribution in [1.82, 2.24) is 19.0 Å². The number of amides is 3. The molecular weight excluding hydrogens is 662 g/mol. The highest BCUT2D eigenvalue weighted by atomic mass is 16.2. The van der Waals surface area contributed by atoms with Crippen molar-refractivity contribution in [2.45, 2.75) is 12.8 Å². The summed E-state index contributed by atoms with van der Waals surface area (Å²) in [5.74, 6) is -1.46. The monoisotopic (exact) mass is 703 g/mol. The van der Waals surface area contributed by atoms with Crippen molar-refractivity contribution in [2.75, 3.05) is 47.4 Å². The highest BCUT2D eigenvalue weighted by molar-refractivity contribution is 6.31. The van der Waals surface area contributed by atoms with Crippen molar-refractivity contribution in [3.05, 3.63) is 119 Å². The molecule has 14 heteroatoms. The zero-order chi connectivity index (χ0) is 36.9. The third-order valence-corrected chi connectivity index (χ3v) is 8.89. The summed E-state index contributed by atoms with van der Waals surface area (Å²) < 4.78 is 4.93. The van der Waals surface area contributed by atoms with Crippen LogP contribution < -0.4 is 32.3 Å². The SMILES string of the molecule is Cn1cc(NC(=O)c2cc(NC(=O)c3cccn3C)cn2C)cc1C(=O)NCCCNc1cccc2c1C(=O)c1cccc(NCCCN)c1C2=O. The van der Waals surface area contributed by atoms with E-state index in [0.717, 1.165) is 6.42 Å². The van der Waals surface area contributed by atoms with Gasteiger partial charge in [-0.1, -0.05) is 24.3 Å². The van der Waals surface area contributed by atoms with E-state index in [1.807, 2.05) is 0 Å². The number of hydrogen-bond donors (Lipinski definition) is 6. The Labute approximate surface area is 300 Å². The highest BCUT2D eigenvalue weighted by Gasteiger charge is 2.33. The first-order valence-corrected chi connectivity index (χ1v) is 17.0.